The lowest BCUT2D eigenvalue weighted by molar-refractivity contribution is -0.384. The topological polar surface area (TPSA) is 132 Å². The van der Waals surface area contributed by atoms with Gasteiger partial charge in [0.25, 0.3) is 17.5 Å². The number of nitro benzene ring substituents is 1. The largest absolute Gasteiger partial charge is 0.497 e. The summed E-state index contributed by atoms with van der Waals surface area (Å²) in [5.41, 5.74) is 0.141. The highest BCUT2D eigenvalue weighted by molar-refractivity contribution is 6.39. The van der Waals surface area contributed by atoms with E-state index in [2.05, 4.69) is 5.32 Å². The molecule has 166 valence electrons. The fraction of sp³-hybridized carbons (Fsp3) is 0.0455. The van der Waals surface area contributed by atoms with Gasteiger partial charge in [-0.25, -0.2) is 9.69 Å². The molecule has 4 rings (SSSR count). The Morgan fingerprint density at radius 3 is 2.45 bits per heavy atom. The van der Waals surface area contributed by atoms with Crippen molar-refractivity contribution in [1.82, 2.24) is 5.32 Å². The molecule has 2 aromatic carbocycles. The number of hydrogen-bond donors (Lipinski definition) is 1. The van der Waals surface area contributed by atoms with E-state index >= 15 is 0 Å². The molecule has 0 atom stereocenters. The van der Waals surface area contributed by atoms with Crippen molar-refractivity contribution >= 4 is 46.9 Å². The molecule has 0 radical (unpaired) electrons. The van der Waals surface area contributed by atoms with Crippen molar-refractivity contribution in [3.05, 3.63) is 81.1 Å². The van der Waals surface area contributed by atoms with Gasteiger partial charge in [-0.15, -0.1) is 0 Å². The van der Waals surface area contributed by atoms with Crippen LogP contribution in [0.25, 0.3) is 17.4 Å². The predicted octanol–water partition coefficient (Wildman–Crippen LogP) is 4.18. The maximum atomic E-state index is 13.0. The summed E-state index contributed by atoms with van der Waals surface area (Å²) in [6.07, 6.45) is 1.20. The van der Waals surface area contributed by atoms with Crippen LogP contribution in [0, 0.1) is 10.1 Å². The Balaban J connectivity index is 1.65. The third-order valence-corrected chi connectivity index (χ3v) is 5.09. The number of furan rings is 1. The van der Waals surface area contributed by atoms with Crippen LogP contribution in [0.1, 0.15) is 5.76 Å². The zero-order chi connectivity index (χ0) is 23.7. The van der Waals surface area contributed by atoms with Crippen molar-refractivity contribution in [3.63, 3.8) is 0 Å². The van der Waals surface area contributed by atoms with Crippen LogP contribution >= 0.6 is 11.6 Å². The first kappa shape index (κ1) is 21.8. The molecule has 1 aliphatic heterocycles. The van der Waals surface area contributed by atoms with Crippen LogP contribution in [-0.4, -0.2) is 29.9 Å². The van der Waals surface area contributed by atoms with Crippen molar-refractivity contribution in [2.24, 2.45) is 0 Å². The molecule has 1 aliphatic rings. The highest BCUT2D eigenvalue weighted by atomic mass is 35.5. The summed E-state index contributed by atoms with van der Waals surface area (Å²) in [5.74, 6) is -0.764. The third kappa shape index (κ3) is 4.19. The van der Waals surface area contributed by atoms with Gasteiger partial charge >= 0.3 is 6.03 Å². The van der Waals surface area contributed by atoms with E-state index in [1.54, 1.807) is 12.1 Å². The van der Waals surface area contributed by atoms with E-state index in [0.29, 0.717) is 11.3 Å². The van der Waals surface area contributed by atoms with Gasteiger partial charge in [0.1, 0.15) is 22.8 Å². The molecule has 10 nitrogen and oxygen atoms in total. The van der Waals surface area contributed by atoms with Crippen molar-refractivity contribution in [2.75, 3.05) is 12.0 Å². The van der Waals surface area contributed by atoms with Gasteiger partial charge in [-0.1, -0.05) is 11.6 Å². The molecule has 1 N–H and O–H groups in total. The fourth-order valence-electron chi connectivity index (χ4n) is 3.16. The Hall–Kier alpha value is -4.44. The van der Waals surface area contributed by atoms with E-state index in [4.69, 9.17) is 20.8 Å². The van der Waals surface area contributed by atoms with Gasteiger partial charge in [0.2, 0.25) is 0 Å². The predicted molar refractivity (Wildman–Crippen MR) is 118 cm³/mol. The van der Waals surface area contributed by atoms with Crippen LogP contribution in [0.3, 0.4) is 0 Å². The molecular formula is C22H14ClN3O7. The average Bonchev–Trinajstić information content (AvgIpc) is 3.25. The second-order valence-electron chi connectivity index (χ2n) is 6.78. The number of carbonyl (C=O) groups is 3. The number of methoxy groups -OCH3 is 1. The first-order chi connectivity index (χ1) is 15.8. The number of carbonyl (C=O) groups excluding carboxylic acids is 3. The number of nitrogens with zero attached hydrogens (tertiary/aromatic N) is 2. The average molecular weight is 468 g/mol. The summed E-state index contributed by atoms with van der Waals surface area (Å²) in [6, 6.07) is 12.2. The van der Waals surface area contributed by atoms with E-state index < -0.39 is 22.8 Å². The molecule has 2 heterocycles. The lowest BCUT2D eigenvalue weighted by Crippen LogP contribution is -2.54. The van der Waals surface area contributed by atoms with Gasteiger partial charge in [-0.3, -0.25) is 25.0 Å². The Morgan fingerprint density at radius 1 is 1.09 bits per heavy atom. The van der Waals surface area contributed by atoms with E-state index in [1.165, 1.54) is 55.7 Å². The number of non-ortho nitro benzene ring substituents is 1. The molecule has 0 spiro atoms. The smallest absolute Gasteiger partial charge is 0.335 e. The quantitative estimate of drug-likeness (QED) is 0.257. The number of benzene rings is 2. The molecule has 0 unspecified atom stereocenters. The Labute approximate surface area is 191 Å². The van der Waals surface area contributed by atoms with Gasteiger partial charge in [0, 0.05) is 17.7 Å². The van der Waals surface area contributed by atoms with Crippen molar-refractivity contribution in [3.8, 4) is 17.1 Å². The van der Waals surface area contributed by atoms with Gasteiger partial charge in [0.15, 0.2) is 0 Å². The molecule has 1 saturated heterocycles. The van der Waals surface area contributed by atoms with Crippen molar-refractivity contribution in [2.45, 2.75) is 0 Å². The van der Waals surface area contributed by atoms with Crippen LogP contribution in [0.5, 0.6) is 5.75 Å². The number of ether oxygens (including phenoxy) is 1. The molecule has 0 saturated carbocycles. The molecule has 3 aromatic rings. The standard InChI is InChI=1S/C22H14ClN3O7/c1-32-14-5-2-12(3-6-14)25-21(28)17(20(27)24-22(25)29)11-15-7-9-19(33-15)16-8-4-13(26(30)31)10-18(16)23/h2-11H,1H3,(H,24,27,29). The number of imide groups is 2. The minimum Gasteiger partial charge on any atom is -0.497 e. The number of urea groups is 1. The number of anilines is 1. The Bertz CT molecular complexity index is 1330. The number of halogens is 1. The second kappa shape index (κ2) is 8.60. The molecule has 1 aromatic heterocycles. The Kier molecular flexibility index (Phi) is 5.67. The van der Waals surface area contributed by atoms with Crippen LogP contribution in [-0.2, 0) is 9.59 Å². The summed E-state index contributed by atoms with van der Waals surface area (Å²) < 4.78 is 10.7. The Morgan fingerprint density at radius 2 is 1.82 bits per heavy atom. The van der Waals surface area contributed by atoms with E-state index in [9.17, 15) is 24.5 Å². The number of barbiturate groups is 1. The number of amides is 4. The van der Waals surface area contributed by atoms with Crippen molar-refractivity contribution < 1.29 is 28.5 Å². The molecule has 11 heteroatoms. The van der Waals surface area contributed by atoms with Crippen LogP contribution < -0.4 is 15.0 Å². The van der Waals surface area contributed by atoms with Gasteiger partial charge < -0.3 is 9.15 Å². The van der Waals surface area contributed by atoms with Gasteiger partial charge in [-0.2, -0.15) is 0 Å². The normalized spacial score (nSPS) is 15.0. The van der Waals surface area contributed by atoms with Crippen LogP contribution in [0.4, 0.5) is 16.2 Å². The first-order valence-corrected chi connectivity index (χ1v) is 9.76. The van der Waals surface area contributed by atoms with Crippen molar-refractivity contribution in [1.29, 1.82) is 0 Å². The monoisotopic (exact) mass is 467 g/mol. The zero-order valence-corrected chi connectivity index (χ0v) is 17.7. The van der Waals surface area contributed by atoms with E-state index in [1.807, 2.05) is 0 Å². The molecule has 33 heavy (non-hydrogen) atoms. The van der Waals surface area contributed by atoms with E-state index in [-0.39, 0.29) is 33.5 Å². The van der Waals surface area contributed by atoms with E-state index in [0.717, 1.165) is 4.90 Å². The third-order valence-electron chi connectivity index (χ3n) is 4.77. The second-order valence-corrected chi connectivity index (χ2v) is 7.19. The maximum Gasteiger partial charge on any atom is 0.335 e. The molecular weight excluding hydrogens is 454 g/mol. The first-order valence-electron chi connectivity index (χ1n) is 9.38. The highest BCUT2D eigenvalue weighted by Crippen LogP contribution is 2.33. The number of nitro groups is 1. The highest BCUT2D eigenvalue weighted by Gasteiger charge is 2.37. The summed E-state index contributed by atoms with van der Waals surface area (Å²) in [7, 11) is 1.48. The van der Waals surface area contributed by atoms with Crippen LogP contribution in [0.2, 0.25) is 5.02 Å². The summed E-state index contributed by atoms with van der Waals surface area (Å²) in [4.78, 5) is 48.7. The molecule has 0 bridgehead atoms. The lowest BCUT2D eigenvalue weighted by atomic mass is 10.1. The number of rotatable bonds is 5. The zero-order valence-electron chi connectivity index (χ0n) is 16.9. The van der Waals surface area contributed by atoms with Crippen LogP contribution in [0.15, 0.2) is 64.6 Å². The minimum atomic E-state index is -0.884. The number of hydrogen-bond acceptors (Lipinski definition) is 7. The molecule has 0 aliphatic carbocycles. The maximum absolute atomic E-state index is 13.0. The SMILES string of the molecule is COc1ccc(N2C(=O)NC(=O)C(=Cc3ccc(-c4ccc([N+](=O)[O-])cc4Cl)o3)C2=O)cc1. The summed E-state index contributed by atoms with van der Waals surface area (Å²) in [6.45, 7) is 0. The number of nitrogens with one attached hydrogen (secondary N) is 1. The lowest BCUT2D eigenvalue weighted by Gasteiger charge is -2.26. The van der Waals surface area contributed by atoms with Gasteiger partial charge in [0.05, 0.1) is 22.7 Å². The fourth-order valence-corrected chi connectivity index (χ4v) is 3.43. The molecule has 1 fully saturated rings. The van der Waals surface area contributed by atoms with Gasteiger partial charge in [-0.05, 0) is 48.5 Å². The summed E-state index contributed by atoms with van der Waals surface area (Å²) >= 11 is 6.13. The summed E-state index contributed by atoms with van der Waals surface area (Å²) in [5, 5.41) is 13.1. The minimum absolute atomic E-state index is 0.0977. The molecule has 4 amide bonds.